The molecule has 0 aromatic carbocycles. The number of ether oxygens (including phenoxy) is 4. The molecule has 2 aliphatic heterocycles. The summed E-state index contributed by atoms with van der Waals surface area (Å²) in [6, 6.07) is 0. The third-order valence-electron chi connectivity index (χ3n) is 16.9. The highest BCUT2D eigenvalue weighted by Crippen LogP contribution is 2.76. The van der Waals surface area contributed by atoms with E-state index in [9.17, 15) is 35.4 Å². The molecule has 0 amide bonds. The van der Waals surface area contributed by atoms with Crippen LogP contribution in [0.5, 0.6) is 0 Å². The van der Waals surface area contributed by atoms with Crippen LogP contribution < -0.4 is 0 Å². The topological polar surface area (TPSA) is 175 Å². The number of carboxylic acids is 1. The minimum Gasteiger partial charge on any atom is -0.481 e. The van der Waals surface area contributed by atoms with Gasteiger partial charge in [0.2, 0.25) is 0 Å². The van der Waals surface area contributed by atoms with Crippen molar-refractivity contribution in [2.45, 2.75) is 181 Å². The maximum atomic E-state index is 13.0. The molecule has 0 aromatic rings. The normalized spacial score (nSPS) is 54.1. The van der Waals surface area contributed by atoms with Crippen LogP contribution in [0.4, 0.5) is 0 Å². The summed E-state index contributed by atoms with van der Waals surface area (Å²) in [5.41, 5.74) is 0.683. The Labute approximate surface area is 309 Å². The third kappa shape index (κ3) is 5.64. The average molecular weight is 735 g/mol. The van der Waals surface area contributed by atoms with Gasteiger partial charge in [0.1, 0.15) is 36.6 Å². The van der Waals surface area contributed by atoms with Crippen LogP contribution in [0.3, 0.4) is 0 Å². The Morgan fingerprint density at radius 3 is 2.13 bits per heavy atom. The molecule has 11 heteroatoms. The molecule has 7 rings (SSSR count). The van der Waals surface area contributed by atoms with Gasteiger partial charge in [0.25, 0.3) is 0 Å². The molecule has 17 atom stereocenters. The number of carbonyl (C=O) groups is 1. The van der Waals surface area contributed by atoms with Crippen molar-refractivity contribution in [1.29, 1.82) is 0 Å². The number of hydrogen-bond acceptors (Lipinski definition) is 10. The Morgan fingerprint density at radius 1 is 0.769 bits per heavy atom. The van der Waals surface area contributed by atoms with E-state index in [1.807, 2.05) is 0 Å². The number of rotatable bonds is 5. The van der Waals surface area contributed by atoms with Crippen LogP contribution in [0.2, 0.25) is 0 Å². The van der Waals surface area contributed by atoms with E-state index in [2.05, 4.69) is 54.5 Å². The SMILES string of the molecule is C[C@H]1O[C@H](O[C@H]2CO[C@@H](O[C@@H]3CC[C@@]4(C)[C@H]5CC=C6[C@H]7CC(C)(C)CC[C@]7(C(=O)O)CC[C@]6(C)[C@@]5(C)CC[C@H]4C3(C)C)[C@@H](O)[C@@H]2O)[C@H](O)[C@@H](O)[C@@H]1O. The van der Waals surface area contributed by atoms with Crippen LogP contribution >= 0.6 is 0 Å². The van der Waals surface area contributed by atoms with Crippen molar-refractivity contribution >= 4 is 5.97 Å². The Kier molecular flexibility index (Phi) is 9.74. The second kappa shape index (κ2) is 12.9. The quantitative estimate of drug-likeness (QED) is 0.173. The summed E-state index contributed by atoms with van der Waals surface area (Å²) in [6.45, 7) is 18.1. The summed E-state index contributed by atoms with van der Waals surface area (Å²) in [7, 11) is 0. The largest absolute Gasteiger partial charge is 0.481 e. The van der Waals surface area contributed by atoms with Crippen LogP contribution in [-0.4, -0.2) is 105 Å². The van der Waals surface area contributed by atoms with Gasteiger partial charge in [-0.05, 0) is 116 Å². The van der Waals surface area contributed by atoms with Crippen molar-refractivity contribution in [2.75, 3.05) is 6.61 Å². The van der Waals surface area contributed by atoms with Gasteiger partial charge in [-0.3, -0.25) is 4.79 Å². The minimum atomic E-state index is -1.54. The summed E-state index contributed by atoms with van der Waals surface area (Å²) < 4.78 is 23.9. The molecule has 4 saturated carbocycles. The monoisotopic (exact) mass is 734 g/mol. The summed E-state index contributed by atoms with van der Waals surface area (Å²) in [5, 5.41) is 63.6. The number of aliphatic hydroxyl groups is 5. The van der Waals surface area contributed by atoms with E-state index in [1.54, 1.807) is 6.92 Å². The lowest BCUT2D eigenvalue weighted by Gasteiger charge is -2.71. The lowest BCUT2D eigenvalue weighted by molar-refractivity contribution is -0.348. The smallest absolute Gasteiger partial charge is 0.310 e. The molecule has 0 unspecified atom stereocenters. The Bertz CT molecular complexity index is 1410. The molecule has 0 spiro atoms. The second-order valence-corrected chi connectivity index (χ2v) is 20.2. The number of allylic oxidation sites excluding steroid dienone is 2. The van der Waals surface area contributed by atoms with E-state index in [-0.39, 0.29) is 45.7 Å². The number of aliphatic hydroxyl groups excluding tert-OH is 5. The number of carboxylic acid groups (broad SMARTS) is 1. The zero-order valence-electron chi connectivity index (χ0n) is 32.6. The first-order chi connectivity index (χ1) is 24.1. The maximum absolute atomic E-state index is 13.0. The van der Waals surface area contributed by atoms with Crippen LogP contribution in [-0.2, 0) is 23.7 Å². The Balaban J connectivity index is 1.06. The van der Waals surface area contributed by atoms with Crippen LogP contribution in [0, 0.1) is 50.2 Å². The van der Waals surface area contributed by atoms with Gasteiger partial charge in [0.15, 0.2) is 12.6 Å². The van der Waals surface area contributed by atoms with Crippen LogP contribution in [0.25, 0.3) is 0 Å². The molecule has 0 aromatic heterocycles. The number of hydrogen-bond donors (Lipinski definition) is 6. The van der Waals surface area contributed by atoms with E-state index >= 15 is 0 Å². The maximum Gasteiger partial charge on any atom is 0.310 e. The molecular formula is C41H66O11. The van der Waals surface area contributed by atoms with Crippen LogP contribution in [0.15, 0.2) is 11.6 Å². The van der Waals surface area contributed by atoms with E-state index in [1.165, 1.54) is 5.57 Å². The molecule has 7 aliphatic rings. The summed E-state index contributed by atoms with van der Waals surface area (Å²) in [6.07, 6.45) is 0.0764. The Hall–Kier alpha value is -1.15. The van der Waals surface area contributed by atoms with E-state index < -0.39 is 66.7 Å². The molecule has 6 fully saturated rings. The Morgan fingerprint density at radius 2 is 1.44 bits per heavy atom. The molecule has 0 bridgehead atoms. The number of fused-ring (bicyclic) bond motifs is 7. The van der Waals surface area contributed by atoms with Crippen molar-refractivity contribution in [2.24, 2.45) is 50.2 Å². The van der Waals surface area contributed by atoms with Gasteiger partial charge < -0.3 is 49.6 Å². The summed E-state index contributed by atoms with van der Waals surface area (Å²) >= 11 is 0. The summed E-state index contributed by atoms with van der Waals surface area (Å²) in [4.78, 5) is 13.0. The van der Waals surface area contributed by atoms with Crippen molar-refractivity contribution in [3.63, 3.8) is 0 Å². The highest BCUT2D eigenvalue weighted by molar-refractivity contribution is 5.76. The number of aliphatic carboxylic acids is 1. The van der Waals surface area contributed by atoms with Crippen molar-refractivity contribution in [1.82, 2.24) is 0 Å². The molecule has 11 nitrogen and oxygen atoms in total. The second-order valence-electron chi connectivity index (χ2n) is 20.2. The van der Waals surface area contributed by atoms with Crippen LogP contribution in [0.1, 0.15) is 120 Å². The van der Waals surface area contributed by atoms with Crippen molar-refractivity contribution < 1.29 is 54.4 Å². The predicted octanol–water partition coefficient (Wildman–Crippen LogP) is 4.55. The van der Waals surface area contributed by atoms with Gasteiger partial charge in [0.05, 0.1) is 24.2 Å². The van der Waals surface area contributed by atoms with E-state index in [0.29, 0.717) is 11.8 Å². The highest BCUT2D eigenvalue weighted by Gasteiger charge is 2.69. The highest BCUT2D eigenvalue weighted by atomic mass is 16.7. The molecule has 2 saturated heterocycles. The molecule has 0 radical (unpaired) electrons. The minimum absolute atomic E-state index is 0.0369. The standard InChI is InChI=1S/C41H66O11/c1-21-28(42)30(44)32(46)34(50-21)51-24-20-49-33(31(45)29(24)43)52-27-12-13-38(6)25(37(27,4)5)11-14-40(8)26(38)10-9-22-23-19-36(2,3)15-17-41(23,35(47)48)18-16-39(22,40)7/h9,21,23-34,42-46H,10-20H2,1-8H3,(H,47,48)/t21-,23-,24+,25+,26-,27-,28-,29-,30+,31+,32-,33+,34-,38-,39+,40+,41+/m1/s1. The lowest BCUT2D eigenvalue weighted by Crippen LogP contribution is -2.66. The molecular weight excluding hydrogens is 668 g/mol. The predicted molar refractivity (Wildman–Crippen MR) is 191 cm³/mol. The van der Waals surface area contributed by atoms with Gasteiger partial charge in [-0.2, -0.15) is 0 Å². The van der Waals surface area contributed by atoms with Gasteiger partial charge >= 0.3 is 5.97 Å². The first kappa shape index (κ1) is 39.1. The van der Waals surface area contributed by atoms with Gasteiger partial charge in [0, 0.05) is 0 Å². The fourth-order valence-electron chi connectivity index (χ4n) is 13.3. The molecule has 6 N–H and O–H groups in total. The fraction of sp³-hybridized carbons (Fsp3) is 0.927. The molecule has 52 heavy (non-hydrogen) atoms. The fourth-order valence-corrected chi connectivity index (χ4v) is 13.3. The van der Waals surface area contributed by atoms with Crippen molar-refractivity contribution in [3.05, 3.63) is 11.6 Å². The summed E-state index contributed by atoms with van der Waals surface area (Å²) in [5.74, 6) is 0.273. The molecule has 5 aliphatic carbocycles. The third-order valence-corrected chi connectivity index (χ3v) is 16.9. The van der Waals surface area contributed by atoms with E-state index in [4.69, 9.17) is 18.9 Å². The van der Waals surface area contributed by atoms with Gasteiger partial charge in [-0.15, -0.1) is 0 Å². The zero-order valence-corrected chi connectivity index (χ0v) is 32.6. The van der Waals surface area contributed by atoms with Crippen molar-refractivity contribution in [3.8, 4) is 0 Å². The lowest BCUT2D eigenvalue weighted by atomic mass is 9.33. The van der Waals surface area contributed by atoms with E-state index in [0.717, 1.165) is 64.2 Å². The average Bonchev–Trinajstić information content (AvgIpc) is 3.06. The zero-order chi connectivity index (χ0) is 38.0. The van der Waals surface area contributed by atoms with Gasteiger partial charge in [-0.25, -0.2) is 0 Å². The van der Waals surface area contributed by atoms with Gasteiger partial charge in [-0.1, -0.05) is 60.1 Å². The first-order valence-corrected chi connectivity index (χ1v) is 20.1. The first-order valence-electron chi connectivity index (χ1n) is 20.1. The molecule has 296 valence electrons. The molecule has 2 heterocycles.